The quantitative estimate of drug-likeness (QED) is 0.692. The number of amides is 1. The molecular formula is C15H24N2O. The Labute approximate surface area is 110 Å². The van der Waals surface area contributed by atoms with Gasteiger partial charge in [-0.15, -0.1) is 0 Å². The van der Waals surface area contributed by atoms with E-state index in [-0.39, 0.29) is 17.9 Å². The van der Waals surface area contributed by atoms with Gasteiger partial charge in [-0.1, -0.05) is 44.2 Å². The highest BCUT2D eigenvalue weighted by molar-refractivity contribution is 5.80. The van der Waals surface area contributed by atoms with Crippen molar-refractivity contribution in [1.82, 2.24) is 5.32 Å². The number of rotatable bonds is 8. The molecule has 1 amide bonds. The normalized spacial score (nSPS) is 12.6. The van der Waals surface area contributed by atoms with Crippen molar-refractivity contribution < 1.29 is 4.79 Å². The van der Waals surface area contributed by atoms with Crippen LogP contribution in [0.25, 0.3) is 0 Å². The first-order valence-electron chi connectivity index (χ1n) is 6.68. The summed E-state index contributed by atoms with van der Waals surface area (Å²) in [5.74, 6) is -0.00955. The summed E-state index contributed by atoms with van der Waals surface area (Å²) in [4.78, 5) is 11.2. The van der Waals surface area contributed by atoms with Crippen LogP contribution < -0.4 is 11.1 Å². The Kier molecular flexibility index (Phi) is 6.44. The summed E-state index contributed by atoms with van der Waals surface area (Å²) < 4.78 is 0. The number of nitrogens with one attached hydrogen (secondary N) is 1. The van der Waals surface area contributed by atoms with Crippen LogP contribution in [0.3, 0.4) is 0 Å². The maximum atomic E-state index is 11.2. The molecule has 18 heavy (non-hydrogen) atoms. The molecule has 0 heterocycles. The molecule has 3 nitrogen and oxygen atoms in total. The van der Waals surface area contributed by atoms with Crippen molar-refractivity contribution in [1.29, 1.82) is 0 Å². The molecule has 1 aromatic carbocycles. The third-order valence-corrected chi connectivity index (χ3v) is 3.07. The first kappa shape index (κ1) is 14.7. The second-order valence-electron chi connectivity index (χ2n) is 5.02. The summed E-state index contributed by atoms with van der Waals surface area (Å²) in [7, 11) is 0. The number of hydrogen-bond acceptors (Lipinski definition) is 2. The fourth-order valence-corrected chi connectivity index (χ4v) is 2.02. The van der Waals surface area contributed by atoms with Gasteiger partial charge in [0.05, 0.1) is 6.04 Å². The zero-order chi connectivity index (χ0) is 13.4. The molecule has 3 N–H and O–H groups in total. The van der Waals surface area contributed by atoms with Crippen molar-refractivity contribution in [3.8, 4) is 0 Å². The van der Waals surface area contributed by atoms with E-state index in [1.54, 1.807) is 0 Å². The van der Waals surface area contributed by atoms with Gasteiger partial charge in [0.1, 0.15) is 0 Å². The second kappa shape index (κ2) is 7.88. The van der Waals surface area contributed by atoms with Crippen molar-refractivity contribution in [2.45, 2.75) is 39.2 Å². The molecule has 0 aliphatic heterocycles. The van der Waals surface area contributed by atoms with Gasteiger partial charge in [-0.2, -0.15) is 0 Å². The molecule has 0 bridgehead atoms. The average Bonchev–Trinajstić information content (AvgIpc) is 2.34. The summed E-state index contributed by atoms with van der Waals surface area (Å²) in [6, 6.07) is 10.2. The minimum Gasteiger partial charge on any atom is -0.368 e. The first-order valence-corrected chi connectivity index (χ1v) is 6.68. The number of benzene rings is 1. The summed E-state index contributed by atoms with van der Waals surface area (Å²) in [5.41, 5.74) is 6.71. The fourth-order valence-electron chi connectivity index (χ4n) is 2.02. The molecule has 0 aromatic heterocycles. The van der Waals surface area contributed by atoms with Crippen molar-refractivity contribution in [2.75, 3.05) is 6.54 Å². The molecule has 3 heteroatoms. The van der Waals surface area contributed by atoms with Crippen LogP contribution >= 0.6 is 0 Å². The lowest BCUT2D eigenvalue weighted by molar-refractivity contribution is -0.121. The van der Waals surface area contributed by atoms with Crippen molar-refractivity contribution >= 4 is 5.91 Å². The van der Waals surface area contributed by atoms with Crippen LogP contribution in [-0.4, -0.2) is 18.5 Å². The Balaban J connectivity index is 2.17. The third-order valence-electron chi connectivity index (χ3n) is 3.07. The number of carbonyl (C=O) groups is 1. The lowest BCUT2D eigenvalue weighted by atomic mass is 10.0. The van der Waals surface area contributed by atoms with Gasteiger partial charge >= 0.3 is 0 Å². The van der Waals surface area contributed by atoms with E-state index in [2.05, 4.69) is 29.6 Å². The molecular weight excluding hydrogens is 224 g/mol. The maximum absolute atomic E-state index is 11.2. The molecule has 100 valence electrons. The minimum absolute atomic E-state index is 0.207. The zero-order valence-electron chi connectivity index (χ0n) is 11.4. The Morgan fingerprint density at radius 3 is 2.44 bits per heavy atom. The monoisotopic (exact) mass is 248 g/mol. The predicted molar refractivity (Wildman–Crippen MR) is 75.2 cm³/mol. The Morgan fingerprint density at radius 2 is 1.89 bits per heavy atom. The summed E-state index contributed by atoms with van der Waals surface area (Å²) in [5, 5.41) is 3.23. The van der Waals surface area contributed by atoms with Crippen LogP contribution in [0.1, 0.15) is 32.3 Å². The Hall–Kier alpha value is -1.35. The topological polar surface area (TPSA) is 55.1 Å². The number of primary amides is 1. The predicted octanol–water partition coefficient (Wildman–Crippen LogP) is 2.11. The van der Waals surface area contributed by atoms with E-state index in [0.717, 1.165) is 25.8 Å². The van der Waals surface area contributed by atoms with Crippen molar-refractivity contribution in [3.63, 3.8) is 0 Å². The van der Waals surface area contributed by atoms with Gasteiger partial charge in [0.2, 0.25) is 5.91 Å². The molecule has 0 radical (unpaired) electrons. The van der Waals surface area contributed by atoms with E-state index >= 15 is 0 Å². The van der Waals surface area contributed by atoms with Crippen LogP contribution in [0.5, 0.6) is 0 Å². The molecule has 0 fully saturated rings. The van der Waals surface area contributed by atoms with Gasteiger partial charge in [-0.25, -0.2) is 0 Å². The van der Waals surface area contributed by atoms with Crippen LogP contribution in [-0.2, 0) is 11.2 Å². The molecule has 0 aliphatic carbocycles. The van der Waals surface area contributed by atoms with Crippen LogP contribution in [0.15, 0.2) is 30.3 Å². The fraction of sp³-hybridized carbons (Fsp3) is 0.533. The van der Waals surface area contributed by atoms with Gasteiger partial charge in [0.15, 0.2) is 0 Å². The van der Waals surface area contributed by atoms with Gasteiger partial charge in [-0.3, -0.25) is 4.79 Å². The van der Waals surface area contributed by atoms with E-state index in [1.807, 2.05) is 19.9 Å². The lowest BCUT2D eigenvalue weighted by Gasteiger charge is -2.18. The van der Waals surface area contributed by atoms with Crippen LogP contribution in [0.2, 0.25) is 0 Å². The average molecular weight is 248 g/mol. The molecule has 1 atom stereocenters. The molecule has 1 unspecified atom stereocenters. The van der Waals surface area contributed by atoms with E-state index < -0.39 is 0 Å². The molecule has 0 aliphatic rings. The standard InChI is InChI=1S/C15H24N2O/c1-12(2)14(15(16)18)17-11-7-6-10-13-8-4-3-5-9-13/h3-5,8-9,12,14,17H,6-7,10-11H2,1-2H3,(H2,16,18). The van der Waals surface area contributed by atoms with Gasteiger partial charge in [0, 0.05) is 0 Å². The zero-order valence-corrected chi connectivity index (χ0v) is 11.4. The SMILES string of the molecule is CC(C)C(NCCCCc1ccccc1)C(N)=O. The van der Waals surface area contributed by atoms with Gasteiger partial charge < -0.3 is 11.1 Å². The van der Waals surface area contributed by atoms with E-state index in [9.17, 15) is 4.79 Å². The summed E-state index contributed by atoms with van der Waals surface area (Å²) in [6.45, 7) is 4.86. The Bertz CT molecular complexity index is 349. The minimum atomic E-state index is -0.256. The number of nitrogens with two attached hydrogens (primary N) is 1. The number of unbranched alkanes of at least 4 members (excludes halogenated alkanes) is 1. The van der Waals surface area contributed by atoms with E-state index in [1.165, 1.54) is 5.56 Å². The molecule has 0 saturated heterocycles. The van der Waals surface area contributed by atoms with Crippen LogP contribution in [0.4, 0.5) is 0 Å². The number of carbonyl (C=O) groups excluding carboxylic acids is 1. The maximum Gasteiger partial charge on any atom is 0.234 e. The third kappa shape index (κ3) is 5.32. The largest absolute Gasteiger partial charge is 0.368 e. The number of hydrogen-bond donors (Lipinski definition) is 2. The highest BCUT2D eigenvalue weighted by Gasteiger charge is 2.17. The summed E-state index contributed by atoms with van der Waals surface area (Å²) >= 11 is 0. The summed E-state index contributed by atoms with van der Waals surface area (Å²) in [6.07, 6.45) is 3.28. The highest BCUT2D eigenvalue weighted by Crippen LogP contribution is 2.05. The van der Waals surface area contributed by atoms with Crippen molar-refractivity contribution in [2.24, 2.45) is 11.7 Å². The van der Waals surface area contributed by atoms with Gasteiger partial charge in [0.25, 0.3) is 0 Å². The molecule has 1 aromatic rings. The number of aryl methyl sites for hydroxylation is 1. The van der Waals surface area contributed by atoms with Crippen molar-refractivity contribution in [3.05, 3.63) is 35.9 Å². The smallest absolute Gasteiger partial charge is 0.234 e. The van der Waals surface area contributed by atoms with E-state index in [0.29, 0.717) is 0 Å². The first-order chi connectivity index (χ1) is 8.61. The Morgan fingerprint density at radius 1 is 1.22 bits per heavy atom. The van der Waals surface area contributed by atoms with E-state index in [4.69, 9.17) is 5.73 Å². The van der Waals surface area contributed by atoms with Crippen LogP contribution in [0, 0.1) is 5.92 Å². The molecule has 1 rings (SSSR count). The lowest BCUT2D eigenvalue weighted by Crippen LogP contribution is -2.45. The second-order valence-corrected chi connectivity index (χ2v) is 5.02. The van der Waals surface area contributed by atoms with Gasteiger partial charge in [-0.05, 0) is 37.3 Å². The highest BCUT2D eigenvalue weighted by atomic mass is 16.1. The molecule has 0 spiro atoms. The molecule has 0 saturated carbocycles.